The molecular formula is C28H30N4O5. The summed E-state index contributed by atoms with van der Waals surface area (Å²) in [7, 11) is 6.31. The van der Waals surface area contributed by atoms with E-state index in [2.05, 4.69) is 5.32 Å². The molecule has 9 nitrogen and oxygen atoms in total. The molecule has 1 aliphatic heterocycles. The highest BCUT2D eigenvalue weighted by Gasteiger charge is 2.34. The summed E-state index contributed by atoms with van der Waals surface area (Å²) >= 11 is 0. The Labute approximate surface area is 216 Å². The molecule has 4 rings (SSSR count). The van der Waals surface area contributed by atoms with Crippen molar-refractivity contribution in [2.75, 3.05) is 40.2 Å². The second kappa shape index (κ2) is 11.5. The molecule has 0 spiro atoms. The zero-order chi connectivity index (χ0) is 26.4. The van der Waals surface area contributed by atoms with Gasteiger partial charge in [-0.05, 0) is 42.0 Å². The Balaban J connectivity index is 1.55. The van der Waals surface area contributed by atoms with E-state index in [1.807, 2.05) is 54.6 Å². The van der Waals surface area contributed by atoms with E-state index in [1.165, 1.54) is 17.0 Å². The first kappa shape index (κ1) is 25.6. The number of ether oxygens (including phenoxy) is 3. The summed E-state index contributed by atoms with van der Waals surface area (Å²) in [5.41, 5.74) is 3.06. The number of rotatable bonds is 8. The van der Waals surface area contributed by atoms with Crippen molar-refractivity contribution in [3.63, 3.8) is 0 Å². The van der Waals surface area contributed by atoms with Crippen molar-refractivity contribution < 1.29 is 23.8 Å². The zero-order valence-corrected chi connectivity index (χ0v) is 21.3. The van der Waals surface area contributed by atoms with Crippen LogP contribution in [0.5, 0.6) is 17.2 Å². The molecule has 0 saturated heterocycles. The summed E-state index contributed by atoms with van der Waals surface area (Å²) in [5.74, 6) is 1.65. The number of para-hydroxylation sites is 2. The third-order valence-corrected chi connectivity index (χ3v) is 6.14. The van der Waals surface area contributed by atoms with Crippen LogP contribution in [-0.4, -0.2) is 62.5 Å². The molecule has 0 aliphatic carbocycles. The summed E-state index contributed by atoms with van der Waals surface area (Å²) in [4.78, 5) is 27.6. The number of methoxy groups -OCH3 is 3. The van der Waals surface area contributed by atoms with Crippen molar-refractivity contribution in [1.29, 1.82) is 0 Å². The fourth-order valence-electron chi connectivity index (χ4n) is 4.11. The fourth-order valence-corrected chi connectivity index (χ4v) is 4.11. The van der Waals surface area contributed by atoms with Gasteiger partial charge in [0.15, 0.2) is 0 Å². The van der Waals surface area contributed by atoms with Gasteiger partial charge < -0.3 is 24.4 Å². The zero-order valence-electron chi connectivity index (χ0n) is 21.3. The van der Waals surface area contributed by atoms with Crippen LogP contribution in [0.4, 0.5) is 10.5 Å². The van der Waals surface area contributed by atoms with Crippen LogP contribution < -0.4 is 19.5 Å². The van der Waals surface area contributed by atoms with Gasteiger partial charge in [-0.1, -0.05) is 36.4 Å². The number of hydrazone groups is 1. The second-order valence-electron chi connectivity index (χ2n) is 8.50. The van der Waals surface area contributed by atoms with Crippen LogP contribution in [0.1, 0.15) is 23.6 Å². The standard InChI is InChI=1S/C28H30N4O5/c1-31(28(34)29-23-10-5-6-11-26(23)37-4)18-27(33)32-25(19-12-14-21(35-2)15-13-19)17-24(30-32)20-8-7-9-22(16-20)36-3/h5-16,25H,17-18H2,1-4H3,(H,29,34)/t25-/m1/s1. The minimum Gasteiger partial charge on any atom is -0.497 e. The van der Waals surface area contributed by atoms with Crippen LogP contribution in [0.3, 0.4) is 0 Å². The number of benzene rings is 3. The van der Waals surface area contributed by atoms with Crippen LogP contribution >= 0.6 is 0 Å². The Kier molecular flexibility index (Phi) is 7.92. The molecule has 0 aromatic heterocycles. The Morgan fingerprint density at radius 2 is 1.68 bits per heavy atom. The SMILES string of the molecule is COc1ccc([C@H]2CC(c3cccc(OC)c3)=NN2C(=O)CN(C)C(=O)Nc2ccccc2OC)cc1. The highest BCUT2D eigenvalue weighted by atomic mass is 16.5. The predicted octanol–water partition coefficient (Wildman–Crippen LogP) is 4.55. The van der Waals surface area contributed by atoms with Crippen molar-refractivity contribution in [2.45, 2.75) is 12.5 Å². The molecule has 0 fully saturated rings. The smallest absolute Gasteiger partial charge is 0.322 e. The quantitative estimate of drug-likeness (QED) is 0.488. The van der Waals surface area contributed by atoms with Gasteiger partial charge in [-0.25, -0.2) is 9.80 Å². The van der Waals surface area contributed by atoms with Gasteiger partial charge in [0.1, 0.15) is 23.8 Å². The number of carbonyl (C=O) groups is 2. The maximum absolute atomic E-state index is 13.5. The summed E-state index contributed by atoms with van der Waals surface area (Å²) in [6, 6.07) is 21.5. The highest BCUT2D eigenvalue weighted by Crippen LogP contribution is 2.34. The molecule has 3 aromatic carbocycles. The van der Waals surface area contributed by atoms with Gasteiger partial charge in [0, 0.05) is 19.0 Å². The van der Waals surface area contributed by atoms with Crippen LogP contribution in [0, 0.1) is 0 Å². The summed E-state index contributed by atoms with van der Waals surface area (Å²) in [6.45, 7) is -0.164. The first-order valence-electron chi connectivity index (χ1n) is 11.8. The topological polar surface area (TPSA) is 92.7 Å². The molecule has 1 atom stereocenters. The predicted molar refractivity (Wildman–Crippen MR) is 141 cm³/mol. The number of carbonyl (C=O) groups excluding carboxylic acids is 2. The van der Waals surface area contributed by atoms with E-state index in [0.29, 0.717) is 23.6 Å². The van der Waals surface area contributed by atoms with Crippen LogP contribution in [0.25, 0.3) is 0 Å². The lowest BCUT2D eigenvalue weighted by molar-refractivity contribution is -0.133. The van der Waals surface area contributed by atoms with Gasteiger partial charge in [0.05, 0.1) is 38.8 Å². The number of nitrogens with one attached hydrogen (secondary N) is 1. The molecule has 37 heavy (non-hydrogen) atoms. The number of urea groups is 1. The molecule has 3 amide bonds. The van der Waals surface area contributed by atoms with E-state index in [0.717, 1.165) is 22.6 Å². The molecule has 1 aliphatic rings. The van der Waals surface area contributed by atoms with E-state index in [4.69, 9.17) is 19.3 Å². The van der Waals surface area contributed by atoms with Crippen LogP contribution in [0.15, 0.2) is 77.9 Å². The van der Waals surface area contributed by atoms with Crippen LogP contribution in [0.2, 0.25) is 0 Å². The van der Waals surface area contributed by atoms with Crippen molar-refractivity contribution in [1.82, 2.24) is 9.91 Å². The number of anilines is 1. The first-order chi connectivity index (χ1) is 17.9. The Morgan fingerprint density at radius 1 is 0.946 bits per heavy atom. The molecule has 0 unspecified atom stereocenters. The number of hydrogen-bond donors (Lipinski definition) is 1. The fraction of sp³-hybridized carbons (Fsp3) is 0.250. The monoisotopic (exact) mass is 502 g/mol. The van der Waals surface area contributed by atoms with Crippen molar-refractivity contribution in [3.05, 3.63) is 83.9 Å². The number of amides is 3. The van der Waals surface area contributed by atoms with E-state index in [9.17, 15) is 9.59 Å². The Morgan fingerprint density at radius 3 is 2.38 bits per heavy atom. The summed E-state index contributed by atoms with van der Waals surface area (Å²) < 4.78 is 15.9. The molecule has 9 heteroatoms. The molecule has 1 heterocycles. The molecule has 1 N–H and O–H groups in total. The molecular weight excluding hydrogens is 472 g/mol. The van der Waals surface area contributed by atoms with Gasteiger partial charge >= 0.3 is 6.03 Å². The van der Waals surface area contributed by atoms with E-state index >= 15 is 0 Å². The lowest BCUT2D eigenvalue weighted by atomic mass is 9.98. The van der Waals surface area contributed by atoms with Crippen LogP contribution in [-0.2, 0) is 4.79 Å². The molecule has 0 bridgehead atoms. The van der Waals surface area contributed by atoms with E-state index in [-0.39, 0.29) is 18.5 Å². The number of likely N-dealkylation sites (N-methyl/N-ethyl adjacent to an activating group) is 1. The Hall–Kier alpha value is -4.53. The Bertz CT molecular complexity index is 1290. The van der Waals surface area contributed by atoms with Gasteiger partial charge in [-0.15, -0.1) is 0 Å². The average Bonchev–Trinajstić information content (AvgIpc) is 3.39. The van der Waals surface area contributed by atoms with Gasteiger partial charge in [-0.3, -0.25) is 4.79 Å². The average molecular weight is 503 g/mol. The van der Waals surface area contributed by atoms with Gasteiger partial charge in [0.2, 0.25) is 0 Å². The lowest BCUT2D eigenvalue weighted by Crippen LogP contribution is -2.41. The van der Waals surface area contributed by atoms with Crippen molar-refractivity contribution >= 4 is 23.3 Å². The minimum absolute atomic E-state index is 0.164. The molecule has 0 radical (unpaired) electrons. The minimum atomic E-state index is -0.435. The maximum atomic E-state index is 13.5. The maximum Gasteiger partial charge on any atom is 0.322 e. The first-order valence-corrected chi connectivity index (χ1v) is 11.8. The molecule has 0 saturated carbocycles. The molecule has 192 valence electrons. The van der Waals surface area contributed by atoms with Crippen molar-refractivity contribution in [3.8, 4) is 17.2 Å². The second-order valence-corrected chi connectivity index (χ2v) is 8.50. The highest BCUT2D eigenvalue weighted by molar-refractivity contribution is 6.04. The normalized spacial score (nSPS) is 14.5. The lowest BCUT2D eigenvalue weighted by Gasteiger charge is -2.25. The van der Waals surface area contributed by atoms with Gasteiger partial charge in [0.25, 0.3) is 5.91 Å². The third-order valence-electron chi connectivity index (χ3n) is 6.14. The molecule has 3 aromatic rings. The summed E-state index contributed by atoms with van der Waals surface area (Å²) in [6.07, 6.45) is 0.516. The van der Waals surface area contributed by atoms with Gasteiger partial charge in [-0.2, -0.15) is 5.10 Å². The van der Waals surface area contributed by atoms with E-state index in [1.54, 1.807) is 39.5 Å². The third kappa shape index (κ3) is 5.83. The summed E-state index contributed by atoms with van der Waals surface area (Å²) in [5, 5.41) is 8.94. The number of nitrogens with zero attached hydrogens (tertiary/aromatic N) is 3. The number of hydrogen-bond acceptors (Lipinski definition) is 6. The largest absolute Gasteiger partial charge is 0.497 e. The van der Waals surface area contributed by atoms with E-state index < -0.39 is 6.03 Å². The van der Waals surface area contributed by atoms with Crippen molar-refractivity contribution in [2.24, 2.45) is 5.10 Å².